The molecule has 0 amide bonds. The van der Waals surface area contributed by atoms with Crippen molar-refractivity contribution in [2.45, 2.75) is 51.0 Å². The summed E-state index contributed by atoms with van der Waals surface area (Å²) in [6.45, 7) is 12.2. The Labute approximate surface area is 116 Å². The maximum atomic E-state index is 5.78. The van der Waals surface area contributed by atoms with E-state index in [4.69, 9.17) is 4.42 Å². The van der Waals surface area contributed by atoms with Gasteiger partial charge < -0.3 is 4.42 Å². The maximum absolute atomic E-state index is 5.78. The molecule has 5 atom stereocenters. The van der Waals surface area contributed by atoms with Crippen molar-refractivity contribution in [3.8, 4) is 0 Å². The molecule has 2 nitrogen and oxygen atoms in total. The Morgan fingerprint density at radius 3 is 2.47 bits per heavy atom. The highest BCUT2D eigenvalue weighted by Crippen LogP contribution is 3.01. The van der Waals surface area contributed by atoms with E-state index in [1.165, 1.54) is 0 Å². The standard InChI is InChI=1S/C16H22NOP/c1-10-11(2)15(4)16(5)14(10,3)13(17(6)19(15)16)12-8-7-9-18-12/h7-9,13H,1-6H3/t13-,14?,15?,16?,19?/m0/s1. The molecular weight excluding hydrogens is 253 g/mol. The van der Waals surface area contributed by atoms with Gasteiger partial charge >= 0.3 is 0 Å². The third kappa shape index (κ3) is 0.883. The van der Waals surface area contributed by atoms with Crippen LogP contribution in [-0.4, -0.2) is 22.0 Å². The summed E-state index contributed by atoms with van der Waals surface area (Å²) >= 11 is 0. The summed E-state index contributed by atoms with van der Waals surface area (Å²) in [6, 6.07) is 4.57. The second-order valence-corrected chi connectivity index (χ2v) is 9.94. The number of allylic oxidation sites excluding steroid dienone is 1. The SMILES string of the molecule is CC1=C(C)C2(C)P3N(C)[C@@H](c4ccco4)C1(C)C32C. The highest BCUT2D eigenvalue weighted by Gasteiger charge is 2.89. The third-order valence-electron chi connectivity index (χ3n) is 6.88. The number of hydrogen-bond donors (Lipinski definition) is 0. The second kappa shape index (κ2) is 3.02. The first-order chi connectivity index (χ1) is 8.83. The number of furan rings is 1. The molecule has 1 aliphatic carbocycles. The summed E-state index contributed by atoms with van der Waals surface area (Å²) in [5.74, 6) is 1.14. The van der Waals surface area contributed by atoms with E-state index < -0.39 is 0 Å². The first-order valence-corrected chi connectivity index (χ1v) is 8.37. The van der Waals surface area contributed by atoms with E-state index in [0.717, 1.165) is 5.76 Å². The van der Waals surface area contributed by atoms with Crippen LogP contribution in [0.2, 0.25) is 0 Å². The highest BCUT2D eigenvalue weighted by molar-refractivity contribution is 7.68. The lowest BCUT2D eigenvalue weighted by Gasteiger charge is -2.38. The number of nitrogens with zero attached hydrogens (tertiary/aromatic N) is 1. The smallest absolute Gasteiger partial charge is 0.122 e. The minimum absolute atomic E-state index is 0.0806. The Kier molecular flexibility index (Phi) is 1.93. The normalized spacial score (nSPS) is 51.9. The Hall–Kier alpha value is -0.590. The predicted molar refractivity (Wildman–Crippen MR) is 79.4 cm³/mol. The molecule has 1 aromatic rings. The molecule has 0 N–H and O–H groups in total. The van der Waals surface area contributed by atoms with E-state index >= 15 is 0 Å². The molecule has 3 aliphatic rings. The van der Waals surface area contributed by atoms with E-state index in [9.17, 15) is 0 Å². The van der Waals surface area contributed by atoms with Crippen molar-refractivity contribution in [2.75, 3.05) is 7.05 Å². The Morgan fingerprint density at radius 1 is 1.21 bits per heavy atom. The van der Waals surface area contributed by atoms with Gasteiger partial charge in [-0.15, -0.1) is 0 Å². The van der Waals surface area contributed by atoms with Crippen molar-refractivity contribution in [3.05, 3.63) is 35.3 Å². The average molecular weight is 275 g/mol. The van der Waals surface area contributed by atoms with Crippen LogP contribution in [-0.2, 0) is 0 Å². The van der Waals surface area contributed by atoms with Crippen molar-refractivity contribution in [1.82, 2.24) is 4.67 Å². The number of hydrogen-bond acceptors (Lipinski definition) is 2. The van der Waals surface area contributed by atoms with Crippen LogP contribution in [0, 0.1) is 5.41 Å². The first-order valence-electron chi connectivity index (χ1n) is 7.08. The van der Waals surface area contributed by atoms with Gasteiger partial charge in [0, 0.05) is 15.7 Å². The number of rotatable bonds is 1. The lowest BCUT2D eigenvalue weighted by molar-refractivity contribution is 0.174. The lowest BCUT2D eigenvalue weighted by Crippen LogP contribution is -2.40. The van der Waals surface area contributed by atoms with Gasteiger partial charge in [-0.05, 0) is 48.0 Å². The molecule has 0 spiro atoms. The molecule has 4 unspecified atom stereocenters. The van der Waals surface area contributed by atoms with Gasteiger partial charge in [-0.1, -0.05) is 25.0 Å². The quantitative estimate of drug-likeness (QED) is 0.552. The summed E-state index contributed by atoms with van der Waals surface area (Å²) in [6.07, 6.45) is 1.81. The molecule has 0 aromatic carbocycles. The lowest BCUT2D eigenvalue weighted by atomic mass is 9.68. The molecular formula is C16H22NOP. The van der Waals surface area contributed by atoms with Gasteiger partial charge in [0.05, 0.1) is 12.3 Å². The monoisotopic (exact) mass is 275 g/mol. The fraction of sp³-hybridized carbons (Fsp3) is 0.625. The van der Waals surface area contributed by atoms with Crippen molar-refractivity contribution >= 4 is 8.07 Å². The van der Waals surface area contributed by atoms with Gasteiger partial charge in [0.25, 0.3) is 0 Å². The molecule has 2 saturated heterocycles. The van der Waals surface area contributed by atoms with E-state index in [1.807, 2.05) is 12.3 Å². The van der Waals surface area contributed by atoms with Gasteiger partial charge in [-0.25, -0.2) is 0 Å². The minimum Gasteiger partial charge on any atom is -0.468 e. The van der Waals surface area contributed by atoms with Gasteiger partial charge in [-0.3, -0.25) is 4.67 Å². The van der Waals surface area contributed by atoms with Gasteiger partial charge in [-0.2, -0.15) is 0 Å². The molecule has 2 fully saturated rings. The van der Waals surface area contributed by atoms with Gasteiger partial charge in [0.2, 0.25) is 0 Å². The maximum Gasteiger partial charge on any atom is 0.122 e. The molecule has 1 aromatic heterocycles. The summed E-state index contributed by atoms with van der Waals surface area (Å²) in [7, 11) is 2.22. The molecule has 0 bridgehead atoms. The van der Waals surface area contributed by atoms with Crippen molar-refractivity contribution in [2.24, 2.45) is 5.41 Å². The Bertz CT molecular complexity index is 606. The van der Waals surface area contributed by atoms with Crippen molar-refractivity contribution < 1.29 is 4.42 Å². The van der Waals surface area contributed by atoms with Crippen LogP contribution < -0.4 is 0 Å². The van der Waals surface area contributed by atoms with Gasteiger partial charge in [0.1, 0.15) is 5.76 Å². The Morgan fingerprint density at radius 2 is 1.89 bits per heavy atom. The summed E-state index contributed by atoms with van der Waals surface area (Å²) in [4.78, 5) is 0. The van der Waals surface area contributed by atoms with E-state index in [-0.39, 0.29) is 13.5 Å². The molecule has 0 radical (unpaired) electrons. The van der Waals surface area contributed by atoms with Crippen molar-refractivity contribution in [3.63, 3.8) is 0 Å². The van der Waals surface area contributed by atoms with E-state index in [1.54, 1.807) is 11.1 Å². The molecule has 0 saturated carbocycles. The molecule has 3 heteroatoms. The Balaban J connectivity index is 1.97. The molecule has 19 heavy (non-hydrogen) atoms. The van der Waals surface area contributed by atoms with E-state index in [2.05, 4.69) is 52.4 Å². The molecule has 102 valence electrons. The molecule has 2 aliphatic heterocycles. The van der Waals surface area contributed by atoms with Crippen LogP contribution in [0.25, 0.3) is 0 Å². The number of fused-ring (bicyclic) bond motifs is 1. The van der Waals surface area contributed by atoms with Crippen LogP contribution in [0.5, 0.6) is 0 Å². The highest BCUT2D eigenvalue weighted by atomic mass is 31.1. The zero-order chi connectivity index (χ0) is 13.8. The summed E-state index contributed by atoms with van der Waals surface area (Å²) in [5.41, 5.74) is 3.47. The first kappa shape index (κ1) is 12.2. The second-order valence-electron chi connectivity index (χ2n) is 6.90. The fourth-order valence-corrected chi connectivity index (χ4v) is 10.2. The third-order valence-corrected chi connectivity index (χ3v) is 10.9. The van der Waals surface area contributed by atoms with E-state index in [0.29, 0.717) is 16.4 Å². The molecule has 4 rings (SSSR count). The fourth-order valence-electron chi connectivity index (χ4n) is 5.47. The van der Waals surface area contributed by atoms with Crippen LogP contribution in [0.15, 0.2) is 34.0 Å². The van der Waals surface area contributed by atoms with Crippen LogP contribution in [0.4, 0.5) is 0 Å². The van der Waals surface area contributed by atoms with Crippen molar-refractivity contribution in [1.29, 1.82) is 0 Å². The topological polar surface area (TPSA) is 16.4 Å². The summed E-state index contributed by atoms with van der Waals surface area (Å²) < 4.78 is 8.41. The average Bonchev–Trinajstić information content (AvgIpc) is 2.74. The minimum atomic E-state index is -0.0806. The predicted octanol–water partition coefficient (Wildman–Crippen LogP) is 4.55. The van der Waals surface area contributed by atoms with Crippen LogP contribution in [0.1, 0.15) is 46.4 Å². The summed E-state index contributed by atoms with van der Waals surface area (Å²) in [5, 5.41) is 0.856. The van der Waals surface area contributed by atoms with Crippen LogP contribution in [0.3, 0.4) is 0 Å². The molecule has 3 heterocycles. The van der Waals surface area contributed by atoms with Crippen LogP contribution >= 0.6 is 8.07 Å². The van der Waals surface area contributed by atoms with Gasteiger partial charge in [0.15, 0.2) is 0 Å². The zero-order valence-corrected chi connectivity index (χ0v) is 13.5. The zero-order valence-electron chi connectivity index (χ0n) is 12.6. The largest absolute Gasteiger partial charge is 0.468 e.